The molecule has 2 N–H and O–H groups in total. The molecule has 0 aliphatic carbocycles. The third kappa shape index (κ3) is 4.35. The van der Waals surface area contributed by atoms with Gasteiger partial charge in [-0.25, -0.2) is 4.39 Å². The van der Waals surface area contributed by atoms with E-state index in [0.717, 1.165) is 6.42 Å². The number of methoxy groups -OCH3 is 2. The van der Waals surface area contributed by atoms with Crippen molar-refractivity contribution in [2.24, 2.45) is 0 Å². The molecule has 0 radical (unpaired) electrons. The van der Waals surface area contributed by atoms with Gasteiger partial charge in [0.25, 0.3) is 0 Å². The van der Waals surface area contributed by atoms with E-state index < -0.39 is 18.0 Å². The molecule has 0 heterocycles. The number of aryl methyl sites for hydroxylation is 1. The van der Waals surface area contributed by atoms with Crippen LogP contribution < -0.4 is 9.47 Å². The third-order valence-corrected chi connectivity index (χ3v) is 3.29. The van der Waals surface area contributed by atoms with Gasteiger partial charge in [0, 0.05) is 6.07 Å². The first kappa shape index (κ1) is 16.7. The van der Waals surface area contributed by atoms with Crippen LogP contribution in [0.2, 0.25) is 0 Å². The number of benzene rings is 1. The van der Waals surface area contributed by atoms with Gasteiger partial charge in [-0.1, -0.05) is 13.3 Å². The standard InChI is InChI=1S/C15H23FO4/c1-4-5-12(17)13(18)7-6-10-8-14(19-2)15(20-3)9-11(10)16/h8-9,12-13,17-18H,4-7H2,1-3H3. The zero-order valence-corrected chi connectivity index (χ0v) is 12.2. The number of ether oxygens (including phenoxy) is 2. The van der Waals surface area contributed by atoms with Gasteiger partial charge >= 0.3 is 0 Å². The molecule has 0 fully saturated rings. The minimum absolute atomic E-state index is 0.299. The lowest BCUT2D eigenvalue weighted by Gasteiger charge is -2.17. The van der Waals surface area contributed by atoms with Gasteiger partial charge in [-0.3, -0.25) is 0 Å². The summed E-state index contributed by atoms with van der Waals surface area (Å²) in [5.74, 6) is 0.382. The zero-order chi connectivity index (χ0) is 15.1. The quantitative estimate of drug-likeness (QED) is 0.770. The summed E-state index contributed by atoms with van der Waals surface area (Å²) in [7, 11) is 2.93. The summed E-state index contributed by atoms with van der Waals surface area (Å²) in [6.07, 6.45) is 0.353. The molecule has 0 aliphatic rings. The first-order valence-corrected chi connectivity index (χ1v) is 6.80. The van der Waals surface area contributed by atoms with Crippen LogP contribution in [0.5, 0.6) is 11.5 Å². The first-order valence-electron chi connectivity index (χ1n) is 6.80. The summed E-state index contributed by atoms with van der Waals surface area (Å²) in [6, 6.07) is 2.83. The molecule has 0 aliphatic heterocycles. The highest BCUT2D eigenvalue weighted by Gasteiger charge is 2.17. The Balaban J connectivity index is 2.73. The molecule has 4 nitrogen and oxygen atoms in total. The average molecular weight is 286 g/mol. The van der Waals surface area contributed by atoms with E-state index in [0.29, 0.717) is 36.3 Å². The molecule has 0 aromatic heterocycles. The van der Waals surface area contributed by atoms with Crippen LogP contribution >= 0.6 is 0 Å². The largest absolute Gasteiger partial charge is 0.493 e. The van der Waals surface area contributed by atoms with E-state index in [1.54, 1.807) is 6.07 Å². The fraction of sp³-hybridized carbons (Fsp3) is 0.600. The molecule has 0 bridgehead atoms. The van der Waals surface area contributed by atoms with Crippen LogP contribution in [0.15, 0.2) is 12.1 Å². The van der Waals surface area contributed by atoms with E-state index in [1.807, 2.05) is 6.92 Å². The third-order valence-electron chi connectivity index (χ3n) is 3.29. The topological polar surface area (TPSA) is 58.9 Å². The molecule has 0 amide bonds. The second-order valence-corrected chi connectivity index (χ2v) is 4.76. The van der Waals surface area contributed by atoms with Crippen molar-refractivity contribution >= 4 is 0 Å². The van der Waals surface area contributed by atoms with Gasteiger partial charge in [-0.15, -0.1) is 0 Å². The van der Waals surface area contributed by atoms with E-state index in [-0.39, 0.29) is 0 Å². The maximum absolute atomic E-state index is 13.9. The number of halogens is 1. The fourth-order valence-electron chi connectivity index (χ4n) is 2.07. The van der Waals surface area contributed by atoms with Crippen molar-refractivity contribution in [3.63, 3.8) is 0 Å². The van der Waals surface area contributed by atoms with Gasteiger partial charge in [0.15, 0.2) is 11.5 Å². The Bertz CT molecular complexity index is 423. The van der Waals surface area contributed by atoms with Gasteiger partial charge in [0.2, 0.25) is 0 Å². The molecule has 1 rings (SSSR count). The highest BCUT2D eigenvalue weighted by Crippen LogP contribution is 2.30. The summed E-state index contributed by atoms with van der Waals surface area (Å²) >= 11 is 0. The smallest absolute Gasteiger partial charge is 0.163 e. The van der Waals surface area contributed by atoms with Crippen molar-refractivity contribution in [1.82, 2.24) is 0 Å². The Kier molecular flexibility index (Phi) is 6.75. The highest BCUT2D eigenvalue weighted by molar-refractivity contribution is 5.43. The predicted octanol–water partition coefficient (Wildman–Crippen LogP) is 2.30. The Morgan fingerprint density at radius 1 is 1.05 bits per heavy atom. The van der Waals surface area contributed by atoms with Crippen LogP contribution in [-0.4, -0.2) is 36.6 Å². The predicted molar refractivity (Wildman–Crippen MR) is 74.7 cm³/mol. The molecule has 0 spiro atoms. The summed E-state index contributed by atoms with van der Waals surface area (Å²) < 4.78 is 24.0. The average Bonchev–Trinajstić information content (AvgIpc) is 2.45. The summed E-state index contributed by atoms with van der Waals surface area (Å²) in [6.45, 7) is 1.93. The lowest BCUT2D eigenvalue weighted by Crippen LogP contribution is -2.26. The van der Waals surface area contributed by atoms with Crippen molar-refractivity contribution in [2.75, 3.05) is 14.2 Å². The van der Waals surface area contributed by atoms with Crippen LogP contribution in [0.4, 0.5) is 4.39 Å². The maximum atomic E-state index is 13.9. The molecule has 2 unspecified atom stereocenters. The number of rotatable bonds is 8. The Hall–Kier alpha value is -1.33. The minimum Gasteiger partial charge on any atom is -0.493 e. The van der Waals surface area contributed by atoms with Gasteiger partial charge in [0.1, 0.15) is 5.82 Å². The molecule has 5 heteroatoms. The summed E-state index contributed by atoms with van der Waals surface area (Å²) in [5.41, 5.74) is 0.436. The van der Waals surface area contributed by atoms with Gasteiger partial charge in [-0.05, 0) is 30.9 Å². The van der Waals surface area contributed by atoms with Crippen LogP contribution in [0.1, 0.15) is 31.7 Å². The minimum atomic E-state index is -0.845. The van der Waals surface area contributed by atoms with Crippen LogP contribution in [0, 0.1) is 5.82 Å². The number of hydrogen-bond acceptors (Lipinski definition) is 4. The maximum Gasteiger partial charge on any atom is 0.163 e. The van der Waals surface area contributed by atoms with E-state index in [9.17, 15) is 14.6 Å². The number of aliphatic hydroxyl groups is 2. The number of aliphatic hydroxyl groups excluding tert-OH is 2. The Morgan fingerprint density at radius 2 is 1.60 bits per heavy atom. The van der Waals surface area contributed by atoms with E-state index in [1.165, 1.54) is 20.3 Å². The monoisotopic (exact) mass is 286 g/mol. The molecule has 2 atom stereocenters. The molecular formula is C15H23FO4. The van der Waals surface area contributed by atoms with Gasteiger partial charge in [-0.2, -0.15) is 0 Å². The van der Waals surface area contributed by atoms with Crippen molar-refractivity contribution in [3.8, 4) is 11.5 Å². The van der Waals surface area contributed by atoms with Crippen LogP contribution in [0.3, 0.4) is 0 Å². The Labute approximate surface area is 119 Å². The highest BCUT2D eigenvalue weighted by atomic mass is 19.1. The second-order valence-electron chi connectivity index (χ2n) is 4.76. The molecule has 0 saturated carbocycles. The molecule has 1 aromatic carbocycles. The first-order chi connectivity index (χ1) is 9.53. The molecule has 0 saturated heterocycles. The lowest BCUT2D eigenvalue weighted by molar-refractivity contribution is 0.00969. The SMILES string of the molecule is CCCC(O)C(O)CCc1cc(OC)c(OC)cc1F. The van der Waals surface area contributed by atoms with Crippen molar-refractivity contribution in [3.05, 3.63) is 23.5 Å². The van der Waals surface area contributed by atoms with E-state index in [2.05, 4.69) is 0 Å². The molecule has 20 heavy (non-hydrogen) atoms. The van der Waals surface area contributed by atoms with Gasteiger partial charge in [0.05, 0.1) is 26.4 Å². The molecular weight excluding hydrogens is 263 g/mol. The fourth-order valence-corrected chi connectivity index (χ4v) is 2.07. The Morgan fingerprint density at radius 3 is 2.15 bits per heavy atom. The van der Waals surface area contributed by atoms with Crippen LogP contribution in [-0.2, 0) is 6.42 Å². The van der Waals surface area contributed by atoms with Crippen LogP contribution in [0.25, 0.3) is 0 Å². The van der Waals surface area contributed by atoms with Crippen molar-refractivity contribution in [2.45, 2.75) is 44.8 Å². The summed E-state index contributed by atoms with van der Waals surface area (Å²) in [5, 5.41) is 19.5. The van der Waals surface area contributed by atoms with Gasteiger partial charge < -0.3 is 19.7 Å². The lowest BCUT2D eigenvalue weighted by atomic mass is 10.0. The van der Waals surface area contributed by atoms with Crippen molar-refractivity contribution in [1.29, 1.82) is 0 Å². The van der Waals surface area contributed by atoms with E-state index in [4.69, 9.17) is 9.47 Å². The van der Waals surface area contributed by atoms with Crippen molar-refractivity contribution < 1.29 is 24.1 Å². The summed E-state index contributed by atoms with van der Waals surface area (Å²) in [4.78, 5) is 0. The molecule has 114 valence electrons. The van der Waals surface area contributed by atoms with E-state index >= 15 is 0 Å². The normalized spacial score (nSPS) is 13.9. The molecule has 1 aromatic rings. The number of hydrogen-bond donors (Lipinski definition) is 2. The zero-order valence-electron chi connectivity index (χ0n) is 12.2. The second kappa shape index (κ2) is 8.07.